The van der Waals surface area contributed by atoms with E-state index in [2.05, 4.69) is 20.9 Å². The van der Waals surface area contributed by atoms with Gasteiger partial charge in [-0.3, -0.25) is 9.78 Å². The summed E-state index contributed by atoms with van der Waals surface area (Å²) in [5.74, 6) is -0.242. The highest BCUT2D eigenvalue weighted by Crippen LogP contribution is 2.22. The molecule has 1 aliphatic heterocycles. The summed E-state index contributed by atoms with van der Waals surface area (Å²) in [7, 11) is 0. The van der Waals surface area contributed by atoms with E-state index in [1.807, 2.05) is 0 Å². The number of aliphatic hydroxyl groups is 1. The SMILES string of the molecule is O=C(NCC[C@H]1CC[C@H](NC(=O)c2cccnc2)[C@@H](CO)O1)Nc1ccc(Cl)cc1. The van der Waals surface area contributed by atoms with Gasteiger partial charge in [0.25, 0.3) is 5.91 Å². The molecule has 2 heterocycles. The molecule has 1 saturated heterocycles. The zero-order valence-electron chi connectivity index (χ0n) is 16.4. The molecule has 0 spiro atoms. The molecule has 0 unspecified atom stereocenters. The molecule has 160 valence electrons. The normalized spacial score (nSPS) is 20.9. The molecular formula is C21H25ClN4O4. The maximum atomic E-state index is 12.3. The van der Waals surface area contributed by atoms with E-state index in [0.29, 0.717) is 35.7 Å². The average molecular weight is 433 g/mol. The van der Waals surface area contributed by atoms with Gasteiger partial charge in [0, 0.05) is 29.6 Å². The second-order valence-electron chi connectivity index (χ2n) is 7.05. The van der Waals surface area contributed by atoms with Gasteiger partial charge in [0.15, 0.2) is 0 Å². The van der Waals surface area contributed by atoms with Gasteiger partial charge < -0.3 is 25.8 Å². The van der Waals surface area contributed by atoms with Crippen LogP contribution in [0.25, 0.3) is 0 Å². The van der Waals surface area contributed by atoms with Crippen LogP contribution in [0.4, 0.5) is 10.5 Å². The zero-order chi connectivity index (χ0) is 21.3. The first-order chi connectivity index (χ1) is 14.5. The van der Waals surface area contributed by atoms with Crippen molar-refractivity contribution < 1.29 is 19.4 Å². The van der Waals surface area contributed by atoms with Crippen LogP contribution in [-0.4, -0.2) is 53.4 Å². The summed E-state index contributed by atoms with van der Waals surface area (Å²) in [5.41, 5.74) is 1.12. The Labute approximate surface area is 180 Å². The number of benzene rings is 1. The number of aliphatic hydroxyl groups excluding tert-OH is 1. The highest BCUT2D eigenvalue weighted by atomic mass is 35.5. The van der Waals surface area contributed by atoms with E-state index < -0.39 is 6.10 Å². The van der Waals surface area contributed by atoms with Crippen molar-refractivity contribution in [2.24, 2.45) is 0 Å². The fourth-order valence-electron chi connectivity index (χ4n) is 3.31. The van der Waals surface area contributed by atoms with Gasteiger partial charge in [0.1, 0.15) is 6.10 Å². The Morgan fingerprint density at radius 1 is 1.20 bits per heavy atom. The van der Waals surface area contributed by atoms with E-state index in [4.69, 9.17) is 16.3 Å². The number of hydrogen-bond acceptors (Lipinski definition) is 5. The number of ether oxygens (including phenoxy) is 1. The Bertz CT molecular complexity index is 835. The van der Waals surface area contributed by atoms with Crippen LogP contribution in [0.2, 0.25) is 5.02 Å². The lowest BCUT2D eigenvalue weighted by atomic mass is 9.97. The monoisotopic (exact) mass is 432 g/mol. The lowest BCUT2D eigenvalue weighted by molar-refractivity contribution is -0.0892. The molecule has 3 rings (SSSR count). The fourth-order valence-corrected chi connectivity index (χ4v) is 3.44. The van der Waals surface area contributed by atoms with Gasteiger partial charge in [0.05, 0.1) is 24.3 Å². The largest absolute Gasteiger partial charge is 0.394 e. The molecule has 1 aromatic carbocycles. The molecule has 1 aromatic heterocycles. The molecule has 1 fully saturated rings. The first-order valence-corrected chi connectivity index (χ1v) is 10.2. The summed E-state index contributed by atoms with van der Waals surface area (Å²) in [6, 6.07) is 9.63. The fraction of sp³-hybridized carbons (Fsp3) is 0.381. The van der Waals surface area contributed by atoms with Crippen molar-refractivity contribution in [3.8, 4) is 0 Å². The smallest absolute Gasteiger partial charge is 0.319 e. The average Bonchev–Trinajstić information content (AvgIpc) is 2.77. The summed E-state index contributed by atoms with van der Waals surface area (Å²) < 4.78 is 5.93. The Morgan fingerprint density at radius 2 is 2.00 bits per heavy atom. The third kappa shape index (κ3) is 6.41. The Kier molecular flexibility index (Phi) is 8.01. The number of carbonyl (C=O) groups is 2. The van der Waals surface area contributed by atoms with Crippen molar-refractivity contribution in [2.45, 2.75) is 37.5 Å². The third-order valence-corrected chi connectivity index (χ3v) is 5.14. The van der Waals surface area contributed by atoms with Crippen LogP contribution in [0.1, 0.15) is 29.6 Å². The van der Waals surface area contributed by atoms with Gasteiger partial charge in [-0.25, -0.2) is 4.79 Å². The van der Waals surface area contributed by atoms with Crippen LogP contribution in [0.3, 0.4) is 0 Å². The maximum Gasteiger partial charge on any atom is 0.319 e. The van der Waals surface area contributed by atoms with E-state index in [0.717, 1.165) is 6.42 Å². The predicted molar refractivity (Wildman–Crippen MR) is 114 cm³/mol. The van der Waals surface area contributed by atoms with E-state index in [9.17, 15) is 14.7 Å². The topological polar surface area (TPSA) is 113 Å². The molecule has 0 saturated carbocycles. The predicted octanol–water partition coefficient (Wildman–Crippen LogP) is 2.59. The number of amides is 3. The molecular weight excluding hydrogens is 408 g/mol. The second-order valence-corrected chi connectivity index (χ2v) is 7.49. The summed E-state index contributed by atoms with van der Waals surface area (Å²) >= 11 is 5.82. The summed E-state index contributed by atoms with van der Waals surface area (Å²) in [4.78, 5) is 28.2. The van der Waals surface area contributed by atoms with E-state index >= 15 is 0 Å². The van der Waals surface area contributed by atoms with Crippen molar-refractivity contribution in [3.63, 3.8) is 0 Å². The standard InChI is InChI=1S/C21H25ClN4O4/c22-15-3-5-16(6-4-15)25-21(29)24-11-9-17-7-8-18(19(13-27)30-17)26-20(28)14-2-1-10-23-12-14/h1-6,10,12,17-19,27H,7-9,11,13H2,(H,26,28)(H2,24,25,29)/t17-,18+,19-/m1/s1. The van der Waals surface area contributed by atoms with Gasteiger partial charge >= 0.3 is 6.03 Å². The lowest BCUT2D eigenvalue weighted by Crippen LogP contribution is -2.51. The van der Waals surface area contributed by atoms with Crippen molar-refractivity contribution in [1.29, 1.82) is 0 Å². The lowest BCUT2D eigenvalue weighted by Gasteiger charge is -2.36. The van der Waals surface area contributed by atoms with Crippen molar-refractivity contribution in [1.82, 2.24) is 15.6 Å². The molecule has 1 aliphatic rings. The number of rotatable bonds is 7. The summed E-state index contributed by atoms with van der Waals surface area (Å²) in [5, 5.41) is 18.7. The van der Waals surface area contributed by atoms with E-state index in [-0.39, 0.29) is 30.7 Å². The first-order valence-electron chi connectivity index (χ1n) is 9.83. The van der Waals surface area contributed by atoms with Crippen LogP contribution in [0, 0.1) is 0 Å². The summed E-state index contributed by atoms with van der Waals surface area (Å²) in [6.45, 7) is 0.230. The number of pyridine rings is 1. The van der Waals surface area contributed by atoms with Crippen LogP contribution in [0.15, 0.2) is 48.8 Å². The highest BCUT2D eigenvalue weighted by molar-refractivity contribution is 6.30. The van der Waals surface area contributed by atoms with Crippen molar-refractivity contribution in [3.05, 3.63) is 59.4 Å². The number of nitrogens with one attached hydrogen (secondary N) is 3. The zero-order valence-corrected chi connectivity index (χ0v) is 17.1. The van der Waals surface area contributed by atoms with E-state index in [1.165, 1.54) is 6.20 Å². The summed E-state index contributed by atoms with van der Waals surface area (Å²) in [6.07, 6.45) is 4.50. The van der Waals surface area contributed by atoms with Gasteiger partial charge in [-0.1, -0.05) is 11.6 Å². The van der Waals surface area contributed by atoms with Crippen molar-refractivity contribution >= 4 is 29.2 Å². The molecule has 9 heteroatoms. The Morgan fingerprint density at radius 3 is 2.70 bits per heavy atom. The molecule has 3 atom stereocenters. The molecule has 2 aromatic rings. The minimum atomic E-state index is -0.493. The molecule has 30 heavy (non-hydrogen) atoms. The number of aromatic nitrogens is 1. The molecule has 0 aliphatic carbocycles. The minimum Gasteiger partial charge on any atom is -0.394 e. The number of carbonyl (C=O) groups excluding carboxylic acids is 2. The molecule has 4 N–H and O–H groups in total. The first kappa shape index (κ1) is 22.0. The quantitative estimate of drug-likeness (QED) is 0.537. The number of urea groups is 1. The van der Waals surface area contributed by atoms with Crippen LogP contribution < -0.4 is 16.0 Å². The van der Waals surface area contributed by atoms with Gasteiger partial charge in [-0.2, -0.15) is 0 Å². The molecule has 3 amide bonds. The van der Waals surface area contributed by atoms with Gasteiger partial charge in [-0.05, 0) is 55.7 Å². The van der Waals surface area contributed by atoms with Crippen LogP contribution in [-0.2, 0) is 4.74 Å². The molecule has 8 nitrogen and oxygen atoms in total. The Hall–Kier alpha value is -2.68. The number of hydrogen-bond donors (Lipinski definition) is 4. The number of anilines is 1. The van der Waals surface area contributed by atoms with Gasteiger partial charge in [0.2, 0.25) is 0 Å². The second kappa shape index (κ2) is 10.9. The molecule has 0 bridgehead atoms. The minimum absolute atomic E-state index is 0.107. The van der Waals surface area contributed by atoms with Crippen LogP contribution >= 0.6 is 11.6 Å². The highest BCUT2D eigenvalue weighted by Gasteiger charge is 2.32. The number of halogens is 1. The molecule has 0 radical (unpaired) electrons. The number of nitrogens with zero attached hydrogens (tertiary/aromatic N) is 1. The van der Waals surface area contributed by atoms with E-state index in [1.54, 1.807) is 42.6 Å². The third-order valence-electron chi connectivity index (χ3n) is 4.89. The van der Waals surface area contributed by atoms with Crippen molar-refractivity contribution in [2.75, 3.05) is 18.5 Å². The maximum absolute atomic E-state index is 12.3. The van der Waals surface area contributed by atoms with Crippen LogP contribution in [0.5, 0.6) is 0 Å². The Balaban J connectivity index is 1.40. The van der Waals surface area contributed by atoms with Gasteiger partial charge in [-0.15, -0.1) is 0 Å².